The van der Waals surface area contributed by atoms with Crippen LogP contribution in [-0.2, 0) is 20.7 Å². The molecule has 5 rings (SSSR count). The van der Waals surface area contributed by atoms with E-state index in [1.807, 2.05) is 49.9 Å². The summed E-state index contributed by atoms with van der Waals surface area (Å²) in [6.45, 7) is 13.5. The van der Waals surface area contributed by atoms with Crippen LogP contribution in [0.5, 0.6) is 5.75 Å². The van der Waals surface area contributed by atoms with Gasteiger partial charge < -0.3 is 29.2 Å². The zero-order chi connectivity index (χ0) is 28.2. The van der Waals surface area contributed by atoms with Gasteiger partial charge in [0.05, 0.1) is 19.3 Å². The molecule has 1 amide bonds. The van der Waals surface area contributed by atoms with E-state index < -0.39 is 6.10 Å². The Kier molecular flexibility index (Phi) is 12.3. The molecule has 0 spiro atoms. The highest BCUT2D eigenvalue weighted by molar-refractivity contribution is 5.86. The molecule has 0 bridgehead atoms. The van der Waals surface area contributed by atoms with Crippen LogP contribution < -0.4 is 4.74 Å². The number of aliphatic hydroxyl groups is 1. The molecule has 8 heteroatoms. The van der Waals surface area contributed by atoms with Gasteiger partial charge in [-0.15, -0.1) is 0 Å². The van der Waals surface area contributed by atoms with E-state index in [2.05, 4.69) is 39.7 Å². The first kappa shape index (κ1) is 30.6. The number of aryl methyl sites for hydroxylation is 1. The van der Waals surface area contributed by atoms with Gasteiger partial charge in [-0.05, 0) is 55.7 Å². The van der Waals surface area contributed by atoms with Crippen LogP contribution >= 0.6 is 0 Å². The van der Waals surface area contributed by atoms with Gasteiger partial charge in [-0.25, -0.2) is 0 Å². The summed E-state index contributed by atoms with van der Waals surface area (Å²) in [5.74, 6) is 0.709. The first-order valence-corrected chi connectivity index (χ1v) is 14.1. The number of fused-ring (bicyclic) bond motifs is 3. The zero-order valence-electron chi connectivity index (χ0n) is 24.1. The SMILES string of the molecule is CC.CCOC.Cc1ccc2[nH]c3c(c2c1)CCN(C=O)C3c1ccc(OCC(O)CN2CCOCC2)cc1. The number of aromatic nitrogens is 1. The molecule has 0 radical (unpaired) electrons. The molecule has 214 valence electrons. The third kappa shape index (κ3) is 8.05. The number of nitrogens with one attached hydrogen (secondary N) is 1. The first-order valence-electron chi connectivity index (χ1n) is 14.1. The summed E-state index contributed by atoms with van der Waals surface area (Å²) in [5, 5.41) is 11.6. The molecule has 1 fully saturated rings. The summed E-state index contributed by atoms with van der Waals surface area (Å²) >= 11 is 0. The van der Waals surface area contributed by atoms with Crippen molar-refractivity contribution < 1.29 is 24.1 Å². The Morgan fingerprint density at radius 1 is 1.13 bits per heavy atom. The van der Waals surface area contributed by atoms with Crippen molar-refractivity contribution in [3.63, 3.8) is 0 Å². The van der Waals surface area contributed by atoms with E-state index in [9.17, 15) is 9.90 Å². The van der Waals surface area contributed by atoms with Crippen LogP contribution in [0.2, 0.25) is 0 Å². The van der Waals surface area contributed by atoms with Crippen LogP contribution in [0.15, 0.2) is 42.5 Å². The maximum atomic E-state index is 11.9. The van der Waals surface area contributed by atoms with E-state index in [4.69, 9.17) is 9.47 Å². The molecule has 2 atom stereocenters. The van der Waals surface area contributed by atoms with Gasteiger partial charge in [0.1, 0.15) is 18.5 Å². The number of aliphatic hydroxyl groups excluding tert-OH is 1. The summed E-state index contributed by atoms with van der Waals surface area (Å²) in [4.78, 5) is 19.5. The third-order valence-electron chi connectivity index (χ3n) is 6.95. The van der Waals surface area contributed by atoms with Gasteiger partial charge in [-0.2, -0.15) is 0 Å². The minimum Gasteiger partial charge on any atom is -0.491 e. The molecule has 3 heterocycles. The summed E-state index contributed by atoms with van der Waals surface area (Å²) in [6.07, 6.45) is 1.23. The molecule has 0 aliphatic carbocycles. The van der Waals surface area contributed by atoms with Gasteiger partial charge in [0.2, 0.25) is 6.41 Å². The lowest BCUT2D eigenvalue weighted by Crippen LogP contribution is -2.42. The van der Waals surface area contributed by atoms with Crippen LogP contribution in [0.4, 0.5) is 0 Å². The second kappa shape index (κ2) is 15.6. The quantitative estimate of drug-likeness (QED) is 0.415. The monoisotopic (exact) mass is 539 g/mol. The molecule has 2 aliphatic rings. The van der Waals surface area contributed by atoms with Crippen LogP contribution in [0.1, 0.15) is 49.2 Å². The number of morpholine rings is 1. The van der Waals surface area contributed by atoms with Crippen molar-refractivity contribution in [3.05, 3.63) is 64.8 Å². The fraction of sp³-hybridized carbons (Fsp3) is 0.516. The second-order valence-corrected chi connectivity index (χ2v) is 9.59. The number of hydrogen-bond acceptors (Lipinski definition) is 6. The average Bonchev–Trinajstić information content (AvgIpc) is 3.35. The lowest BCUT2D eigenvalue weighted by Gasteiger charge is -2.33. The maximum absolute atomic E-state index is 11.9. The van der Waals surface area contributed by atoms with E-state index in [1.165, 1.54) is 16.5 Å². The van der Waals surface area contributed by atoms with Crippen LogP contribution in [0, 0.1) is 6.92 Å². The molecular weight excluding hydrogens is 494 g/mol. The summed E-state index contributed by atoms with van der Waals surface area (Å²) in [7, 11) is 1.68. The van der Waals surface area contributed by atoms with Gasteiger partial charge in [0.25, 0.3) is 0 Å². The number of carbonyl (C=O) groups excluding carboxylic acids is 1. The molecule has 2 N–H and O–H groups in total. The van der Waals surface area contributed by atoms with Crippen LogP contribution in [0.25, 0.3) is 10.9 Å². The Morgan fingerprint density at radius 2 is 1.82 bits per heavy atom. The largest absolute Gasteiger partial charge is 0.491 e. The van der Waals surface area contributed by atoms with E-state index in [0.717, 1.165) is 49.3 Å². The molecule has 1 aromatic heterocycles. The molecule has 3 aromatic rings. The number of methoxy groups -OCH3 is 1. The van der Waals surface area contributed by atoms with E-state index in [-0.39, 0.29) is 12.6 Å². The van der Waals surface area contributed by atoms with Crippen molar-refractivity contribution in [3.8, 4) is 5.75 Å². The van der Waals surface area contributed by atoms with Gasteiger partial charge in [-0.3, -0.25) is 9.69 Å². The Hall–Kier alpha value is -2.91. The summed E-state index contributed by atoms with van der Waals surface area (Å²) in [5.41, 5.74) is 5.76. The number of rotatable bonds is 8. The second-order valence-electron chi connectivity index (χ2n) is 9.59. The van der Waals surface area contributed by atoms with E-state index in [0.29, 0.717) is 32.1 Å². The number of ether oxygens (including phenoxy) is 3. The molecule has 1 saturated heterocycles. The highest BCUT2D eigenvalue weighted by Crippen LogP contribution is 2.38. The minimum absolute atomic E-state index is 0.153. The topological polar surface area (TPSA) is 87.3 Å². The predicted molar refractivity (Wildman–Crippen MR) is 155 cm³/mol. The number of H-pyrrole nitrogens is 1. The van der Waals surface area contributed by atoms with Gasteiger partial charge in [-0.1, -0.05) is 37.6 Å². The predicted octanol–water partition coefficient (Wildman–Crippen LogP) is 4.33. The number of hydrogen-bond donors (Lipinski definition) is 2. The van der Waals surface area contributed by atoms with Crippen molar-refractivity contribution in [1.29, 1.82) is 0 Å². The molecule has 2 aromatic carbocycles. The standard InChI is InChI=1S/C26H31N3O4.C3H8O.C2H6/c1-18-2-7-24-23(14-18)22-8-9-29(17-30)26(25(22)27-24)19-3-5-21(6-4-19)33-16-20(31)15-28-10-12-32-13-11-28;1-3-4-2;1-2/h2-7,14,17,20,26-27,31H,8-13,15-16H2,1H3;3H2,1-2H3;1-2H3. The van der Waals surface area contributed by atoms with Crippen molar-refractivity contribution >= 4 is 17.3 Å². The van der Waals surface area contributed by atoms with E-state index >= 15 is 0 Å². The number of benzene rings is 2. The van der Waals surface area contributed by atoms with Gasteiger partial charge in [0, 0.05) is 56.5 Å². The number of aromatic amines is 1. The lowest BCUT2D eigenvalue weighted by molar-refractivity contribution is -0.120. The maximum Gasteiger partial charge on any atom is 0.210 e. The Morgan fingerprint density at radius 3 is 2.46 bits per heavy atom. The third-order valence-corrected chi connectivity index (χ3v) is 6.95. The zero-order valence-corrected chi connectivity index (χ0v) is 24.1. The number of β-amino-alcohol motifs (C(OH)–C–C–N with tert-alkyl or cyclic N) is 1. The molecule has 2 unspecified atom stereocenters. The fourth-order valence-corrected chi connectivity index (χ4v) is 4.97. The normalized spacial score (nSPS) is 17.8. The smallest absolute Gasteiger partial charge is 0.210 e. The number of nitrogens with zero attached hydrogens (tertiary/aromatic N) is 2. The highest BCUT2D eigenvalue weighted by atomic mass is 16.5. The molecule has 8 nitrogen and oxygen atoms in total. The fourth-order valence-electron chi connectivity index (χ4n) is 4.97. The average molecular weight is 540 g/mol. The van der Waals surface area contributed by atoms with Crippen molar-refractivity contribution in [2.24, 2.45) is 0 Å². The number of carbonyl (C=O) groups is 1. The van der Waals surface area contributed by atoms with Crippen LogP contribution in [0.3, 0.4) is 0 Å². The highest BCUT2D eigenvalue weighted by Gasteiger charge is 2.31. The minimum atomic E-state index is -0.552. The number of amides is 1. The van der Waals surface area contributed by atoms with Gasteiger partial charge in [0.15, 0.2) is 0 Å². The summed E-state index contributed by atoms with van der Waals surface area (Å²) in [6, 6.07) is 14.1. The molecular formula is C31H45N3O5. The van der Waals surface area contributed by atoms with Gasteiger partial charge >= 0.3 is 0 Å². The first-order chi connectivity index (χ1) is 19.0. The van der Waals surface area contributed by atoms with Crippen molar-refractivity contribution in [2.75, 3.05) is 59.7 Å². The molecule has 0 saturated carbocycles. The molecule has 39 heavy (non-hydrogen) atoms. The molecule has 2 aliphatic heterocycles. The Bertz CT molecular complexity index is 1140. The van der Waals surface area contributed by atoms with Crippen LogP contribution in [-0.4, -0.2) is 92.1 Å². The summed E-state index contributed by atoms with van der Waals surface area (Å²) < 4.78 is 15.7. The Balaban J connectivity index is 0.000000644. The van der Waals surface area contributed by atoms with Crippen molar-refractivity contribution in [2.45, 2.75) is 46.3 Å². The Labute approximate surface area is 232 Å². The van der Waals surface area contributed by atoms with E-state index in [1.54, 1.807) is 7.11 Å². The lowest BCUT2D eigenvalue weighted by atomic mass is 9.92. The van der Waals surface area contributed by atoms with Crippen molar-refractivity contribution in [1.82, 2.24) is 14.8 Å².